The second-order valence-electron chi connectivity index (χ2n) is 3.73. The van der Waals surface area contributed by atoms with Gasteiger partial charge in [-0.05, 0) is 31.2 Å². The van der Waals surface area contributed by atoms with E-state index in [0.29, 0.717) is 17.7 Å². The first kappa shape index (κ1) is 12.3. The van der Waals surface area contributed by atoms with E-state index in [1.807, 2.05) is 18.4 Å². The van der Waals surface area contributed by atoms with Gasteiger partial charge in [0.25, 0.3) is 5.91 Å². The van der Waals surface area contributed by atoms with Gasteiger partial charge in [-0.25, -0.2) is 4.98 Å². The minimum absolute atomic E-state index is 0.162. The summed E-state index contributed by atoms with van der Waals surface area (Å²) in [5, 5.41) is 14.4. The molecule has 0 saturated heterocycles. The van der Waals surface area contributed by atoms with E-state index in [-0.39, 0.29) is 5.91 Å². The molecule has 2 rings (SSSR count). The van der Waals surface area contributed by atoms with Crippen molar-refractivity contribution in [2.75, 3.05) is 0 Å². The van der Waals surface area contributed by atoms with Crippen LogP contribution in [0.1, 0.15) is 26.6 Å². The van der Waals surface area contributed by atoms with E-state index in [1.165, 1.54) is 0 Å². The molecule has 1 amide bonds. The summed E-state index contributed by atoms with van der Waals surface area (Å²) in [7, 11) is 0. The molecule has 0 aliphatic heterocycles. The molecule has 1 N–H and O–H groups in total. The maximum absolute atomic E-state index is 11.8. The Morgan fingerprint density at radius 1 is 1.44 bits per heavy atom. The van der Waals surface area contributed by atoms with Gasteiger partial charge in [0.2, 0.25) is 0 Å². The normalized spacial score (nSPS) is 9.78. The zero-order valence-electron chi connectivity index (χ0n) is 9.80. The molecule has 5 heteroatoms. The Balaban J connectivity index is 1.97. The highest BCUT2D eigenvalue weighted by Crippen LogP contribution is 2.08. The van der Waals surface area contributed by atoms with Crippen LogP contribution < -0.4 is 5.32 Å². The molecule has 1 aromatic heterocycles. The Morgan fingerprint density at radius 3 is 2.72 bits per heavy atom. The number of nitriles is 1. The first-order valence-electron chi connectivity index (χ1n) is 5.38. The van der Waals surface area contributed by atoms with Crippen LogP contribution in [-0.4, -0.2) is 10.9 Å². The molecule has 0 fully saturated rings. The van der Waals surface area contributed by atoms with Crippen molar-refractivity contribution >= 4 is 17.2 Å². The molecular weight excluding hydrogens is 246 g/mol. The number of benzene rings is 1. The average molecular weight is 257 g/mol. The third-order valence-electron chi connectivity index (χ3n) is 2.37. The first-order valence-corrected chi connectivity index (χ1v) is 6.26. The molecule has 90 valence electrons. The highest BCUT2D eigenvalue weighted by atomic mass is 32.1. The van der Waals surface area contributed by atoms with E-state index in [1.54, 1.807) is 35.6 Å². The van der Waals surface area contributed by atoms with Crippen molar-refractivity contribution < 1.29 is 4.79 Å². The molecule has 0 spiro atoms. The fourth-order valence-electron chi connectivity index (χ4n) is 1.46. The number of hydrogen-bond donors (Lipinski definition) is 1. The van der Waals surface area contributed by atoms with Gasteiger partial charge in [0.05, 0.1) is 28.9 Å². The Bertz CT molecular complexity index is 595. The molecule has 2 aromatic rings. The Labute approximate surface area is 109 Å². The van der Waals surface area contributed by atoms with E-state index in [9.17, 15) is 4.79 Å². The topological polar surface area (TPSA) is 65.8 Å². The molecule has 0 atom stereocenters. The van der Waals surface area contributed by atoms with E-state index in [4.69, 9.17) is 5.26 Å². The lowest BCUT2D eigenvalue weighted by Crippen LogP contribution is -2.22. The number of rotatable bonds is 3. The lowest BCUT2D eigenvalue weighted by atomic mass is 10.1. The second-order valence-corrected chi connectivity index (χ2v) is 4.79. The molecular formula is C13H11N3OS. The number of amides is 1. The third kappa shape index (κ3) is 2.93. The summed E-state index contributed by atoms with van der Waals surface area (Å²) in [6.07, 6.45) is 0. The standard InChI is InChI=1S/C13H11N3OS/c1-9-16-12(8-18-9)7-15-13(17)11-4-2-10(6-14)3-5-11/h2-5,8H,7H2,1H3,(H,15,17). The smallest absolute Gasteiger partial charge is 0.251 e. The zero-order valence-corrected chi connectivity index (χ0v) is 10.6. The summed E-state index contributed by atoms with van der Waals surface area (Å²) in [6, 6.07) is 8.55. The van der Waals surface area contributed by atoms with Gasteiger partial charge < -0.3 is 5.32 Å². The number of carbonyl (C=O) groups excluding carboxylic acids is 1. The molecule has 0 aliphatic carbocycles. The summed E-state index contributed by atoms with van der Waals surface area (Å²) in [6.45, 7) is 2.35. The number of aryl methyl sites for hydroxylation is 1. The van der Waals surface area contributed by atoms with Crippen molar-refractivity contribution in [3.8, 4) is 6.07 Å². The lowest BCUT2D eigenvalue weighted by molar-refractivity contribution is 0.0950. The highest BCUT2D eigenvalue weighted by molar-refractivity contribution is 7.09. The molecule has 1 heterocycles. The van der Waals surface area contributed by atoms with Crippen molar-refractivity contribution in [2.24, 2.45) is 0 Å². The van der Waals surface area contributed by atoms with Gasteiger partial charge in [-0.2, -0.15) is 5.26 Å². The van der Waals surface area contributed by atoms with Crippen LogP contribution in [0, 0.1) is 18.3 Å². The van der Waals surface area contributed by atoms with Crippen LogP contribution in [0.3, 0.4) is 0 Å². The van der Waals surface area contributed by atoms with Crippen LogP contribution in [0.15, 0.2) is 29.6 Å². The summed E-state index contributed by atoms with van der Waals surface area (Å²) in [5.74, 6) is -0.162. The monoisotopic (exact) mass is 257 g/mol. The fourth-order valence-corrected chi connectivity index (χ4v) is 2.07. The number of nitrogens with one attached hydrogen (secondary N) is 1. The van der Waals surface area contributed by atoms with Crippen molar-refractivity contribution in [3.05, 3.63) is 51.5 Å². The van der Waals surface area contributed by atoms with E-state index < -0.39 is 0 Å². The predicted molar refractivity (Wildman–Crippen MR) is 69.2 cm³/mol. The van der Waals surface area contributed by atoms with Gasteiger partial charge in [-0.1, -0.05) is 0 Å². The molecule has 18 heavy (non-hydrogen) atoms. The highest BCUT2D eigenvalue weighted by Gasteiger charge is 2.06. The van der Waals surface area contributed by atoms with E-state index in [2.05, 4.69) is 10.3 Å². The molecule has 4 nitrogen and oxygen atoms in total. The number of hydrogen-bond acceptors (Lipinski definition) is 4. The fraction of sp³-hybridized carbons (Fsp3) is 0.154. The average Bonchev–Trinajstić information content (AvgIpc) is 2.82. The predicted octanol–water partition coefficient (Wildman–Crippen LogP) is 2.25. The van der Waals surface area contributed by atoms with Gasteiger partial charge in [-0.3, -0.25) is 4.79 Å². The number of thiazole rings is 1. The number of nitrogens with zero attached hydrogens (tertiary/aromatic N) is 2. The molecule has 0 bridgehead atoms. The van der Waals surface area contributed by atoms with Crippen molar-refractivity contribution in [2.45, 2.75) is 13.5 Å². The Kier molecular flexibility index (Phi) is 3.70. The summed E-state index contributed by atoms with van der Waals surface area (Å²) < 4.78 is 0. The SMILES string of the molecule is Cc1nc(CNC(=O)c2ccc(C#N)cc2)cs1. The van der Waals surface area contributed by atoms with Gasteiger partial charge >= 0.3 is 0 Å². The van der Waals surface area contributed by atoms with Crippen LogP contribution in [0.2, 0.25) is 0 Å². The number of aromatic nitrogens is 1. The molecule has 0 radical (unpaired) electrons. The quantitative estimate of drug-likeness (QED) is 0.917. The Morgan fingerprint density at radius 2 is 2.17 bits per heavy atom. The maximum Gasteiger partial charge on any atom is 0.251 e. The lowest BCUT2D eigenvalue weighted by Gasteiger charge is -2.03. The summed E-state index contributed by atoms with van der Waals surface area (Å²) >= 11 is 1.56. The molecule has 0 aliphatic rings. The van der Waals surface area contributed by atoms with Gasteiger partial charge in [0, 0.05) is 10.9 Å². The van der Waals surface area contributed by atoms with Crippen molar-refractivity contribution in [1.29, 1.82) is 5.26 Å². The molecule has 0 unspecified atom stereocenters. The van der Waals surface area contributed by atoms with Crippen LogP contribution in [0.5, 0.6) is 0 Å². The summed E-state index contributed by atoms with van der Waals surface area (Å²) in [4.78, 5) is 16.1. The van der Waals surface area contributed by atoms with Crippen LogP contribution in [-0.2, 0) is 6.54 Å². The second kappa shape index (κ2) is 5.43. The largest absolute Gasteiger partial charge is 0.346 e. The van der Waals surface area contributed by atoms with E-state index >= 15 is 0 Å². The third-order valence-corrected chi connectivity index (χ3v) is 3.20. The van der Waals surface area contributed by atoms with Crippen LogP contribution >= 0.6 is 11.3 Å². The summed E-state index contributed by atoms with van der Waals surface area (Å²) in [5.41, 5.74) is 1.95. The first-order chi connectivity index (χ1) is 8.69. The molecule has 0 saturated carbocycles. The van der Waals surface area contributed by atoms with Crippen LogP contribution in [0.4, 0.5) is 0 Å². The minimum atomic E-state index is -0.162. The van der Waals surface area contributed by atoms with Crippen LogP contribution in [0.25, 0.3) is 0 Å². The molecule has 1 aromatic carbocycles. The van der Waals surface area contributed by atoms with Crippen molar-refractivity contribution in [3.63, 3.8) is 0 Å². The zero-order chi connectivity index (χ0) is 13.0. The maximum atomic E-state index is 11.8. The van der Waals surface area contributed by atoms with Crippen molar-refractivity contribution in [1.82, 2.24) is 10.3 Å². The minimum Gasteiger partial charge on any atom is -0.346 e. The van der Waals surface area contributed by atoms with Gasteiger partial charge in [0.15, 0.2) is 0 Å². The van der Waals surface area contributed by atoms with E-state index in [0.717, 1.165) is 10.7 Å². The van der Waals surface area contributed by atoms with Gasteiger partial charge in [-0.15, -0.1) is 11.3 Å². The Hall–Kier alpha value is -2.19. The van der Waals surface area contributed by atoms with Gasteiger partial charge in [0.1, 0.15) is 0 Å². The number of carbonyl (C=O) groups is 1.